The third-order valence-corrected chi connectivity index (χ3v) is 3.78. The zero-order valence-electron chi connectivity index (χ0n) is 10.0. The van der Waals surface area contributed by atoms with Crippen molar-refractivity contribution in [3.63, 3.8) is 0 Å². The first-order chi connectivity index (χ1) is 8.19. The molecule has 0 saturated carbocycles. The van der Waals surface area contributed by atoms with Crippen molar-refractivity contribution >= 4 is 17.0 Å². The highest BCUT2D eigenvalue weighted by Gasteiger charge is 2.07. The Morgan fingerprint density at radius 3 is 2.76 bits per heavy atom. The van der Waals surface area contributed by atoms with E-state index in [-0.39, 0.29) is 0 Å². The second kappa shape index (κ2) is 5.07. The number of hydrogen-bond acceptors (Lipinski definition) is 2. The Hall–Kier alpha value is -1.72. The molecule has 0 saturated heterocycles. The minimum absolute atomic E-state index is 0.307. The minimum Gasteiger partial charge on any atom is -0.378 e. The zero-order chi connectivity index (χ0) is 12.3. The monoisotopic (exact) mass is 241 g/mol. The van der Waals surface area contributed by atoms with Gasteiger partial charge in [0.2, 0.25) is 0 Å². The lowest BCUT2D eigenvalue weighted by Crippen LogP contribution is -2.04. The average Bonchev–Trinajstić information content (AvgIpc) is 2.76. The van der Waals surface area contributed by atoms with E-state index in [4.69, 9.17) is 6.42 Å². The highest BCUT2D eigenvalue weighted by Crippen LogP contribution is 2.25. The van der Waals surface area contributed by atoms with Crippen LogP contribution in [-0.2, 0) is 0 Å². The van der Waals surface area contributed by atoms with Gasteiger partial charge in [-0.15, -0.1) is 17.8 Å². The van der Waals surface area contributed by atoms with Gasteiger partial charge in [-0.3, -0.25) is 0 Å². The summed E-state index contributed by atoms with van der Waals surface area (Å²) in [5.74, 6) is 2.65. The molecule has 1 heterocycles. The van der Waals surface area contributed by atoms with Crippen molar-refractivity contribution in [1.29, 1.82) is 0 Å². The largest absolute Gasteiger partial charge is 0.378 e. The van der Waals surface area contributed by atoms with Crippen molar-refractivity contribution in [3.05, 3.63) is 51.7 Å². The van der Waals surface area contributed by atoms with Crippen LogP contribution in [0.2, 0.25) is 0 Å². The summed E-state index contributed by atoms with van der Waals surface area (Å²) in [6.07, 6.45) is 5.39. The molecule has 1 aromatic carbocycles. The number of hydrogen-bond donors (Lipinski definition) is 1. The van der Waals surface area contributed by atoms with E-state index >= 15 is 0 Å². The molecule has 1 N–H and O–H groups in total. The van der Waals surface area contributed by atoms with Crippen molar-refractivity contribution in [2.24, 2.45) is 0 Å². The molecule has 1 unspecified atom stereocenters. The molecule has 0 fully saturated rings. The van der Waals surface area contributed by atoms with Crippen LogP contribution in [0.3, 0.4) is 0 Å². The van der Waals surface area contributed by atoms with Crippen LogP contribution in [0.1, 0.15) is 28.3 Å². The van der Waals surface area contributed by atoms with Crippen LogP contribution in [0, 0.1) is 19.3 Å². The van der Waals surface area contributed by atoms with Gasteiger partial charge in [0.1, 0.15) is 0 Å². The van der Waals surface area contributed by atoms with Gasteiger partial charge in [0.05, 0.1) is 6.04 Å². The van der Waals surface area contributed by atoms with E-state index in [2.05, 4.69) is 37.2 Å². The molecule has 17 heavy (non-hydrogen) atoms. The molecule has 1 aromatic heterocycles. The van der Waals surface area contributed by atoms with E-state index in [9.17, 15) is 0 Å². The standard InChI is InChI=1S/C15H15NS/c1-4-13-6-5-7-14(10-13)16-12(3)15-9-8-11(2)17-15/h1,5-10,12,16H,2-3H3. The molecule has 0 aliphatic carbocycles. The fraction of sp³-hybridized carbons (Fsp3) is 0.200. The normalized spacial score (nSPS) is 11.8. The van der Waals surface area contributed by atoms with Crippen LogP contribution in [0.4, 0.5) is 5.69 Å². The molecule has 0 spiro atoms. The first-order valence-corrected chi connectivity index (χ1v) is 6.40. The molecule has 0 radical (unpaired) electrons. The van der Waals surface area contributed by atoms with Gasteiger partial charge in [0.15, 0.2) is 0 Å². The quantitative estimate of drug-likeness (QED) is 0.794. The van der Waals surface area contributed by atoms with E-state index in [1.165, 1.54) is 9.75 Å². The van der Waals surface area contributed by atoms with E-state index < -0.39 is 0 Å². The number of thiophene rings is 1. The van der Waals surface area contributed by atoms with Gasteiger partial charge < -0.3 is 5.32 Å². The van der Waals surface area contributed by atoms with Gasteiger partial charge in [-0.1, -0.05) is 12.0 Å². The van der Waals surface area contributed by atoms with E-state index in [0.29, 0.717) is 6.04 Å². The summed E-state index contributed by atoms with van der Waals surface area (Å²) in [4.78, 5) is 2.68. The maximum atomic E-state index is 5.39. The van der Waals surface area contributed by atoms with Crippen molar-refractivity contribution < 1.29 is 0 Å². The third-order valence-electron chi connectivity index (χ3n) is 2.60. The SMILES string of the molecule is C#Cc1cccc(NC(C)c2ccc(C)s2)c1. The van der Waals surface area contributed by atoms with Gasteiger partial charge in [-0.2, -0.15) is 0 Å². The summed E-state index contributed by atoms with van der Waals surface area (Å²) < 4.78 is 0. The number of nitrogens with one attached hydrogen (secondary N) is 1. The Morgan fingerprint density at radius 2 is 2.12 bits per heavy atom. The van der Waals surface area contributed by atoms with Crippen molar-refractivity contribution in [1.82, 2.24) is 0 Å². The van der Waals surface area contributed by atoms with E-state index in [1.807, 2.05) is 35.6 Å². The predicted octanol–water partition coefficient (Wildman–Crippen LogP) is 4.21. The van der Waals surface area contributed by atoms with Gasteiger partial charge in [0.25, 0.3) is 0 Å². The first kappa shape index (κ1) is 11.8. The van der Waals surface area contributed by atoms with Crippen LogP contribution in [0.25, 0.3) is 0 Å². The fourth-order valence-corrected chi connectivity index (χ4v) is 2.59. The lowest BCUT2D eigenvalue weighted by Gasteiger charge is -2.13. The summed E-state index contributed by atoms with van der Waals surface area (Å²) in [6.45, 7) is 4.29. The van der Waals surface area contributed by atoms with Crippen LogP contribution >= 0.6 is 11.3 Å². The lowest BCUT2D eigenvalue weighted by atomic mass is 10.2. The summed E-state index contributed by atoms with van der Waals surface area (Å²) in [6, 6.07) is 12.6. The summed E-state index contributed by atoms with van der Waals surface area (Å²) in [5.41, 5.74) is 1.98. The van der Waals surface area contributed by atoms with Gasteiger partial charge in [-0.25, -0.2) is 0 Å². The molecular formula is C15H15NS. The van der Waals surface area contributed by atoms with E-state index in [1.54, 1.807) is 0 Å². The Balaban J connectivity index is 2.13. The Morgan fingerprint density at radius 1 is 1.29 bits per heavy atom. The summed E-state index contributed by atoms with van der Waals surface area (Å²) in [7, 11) is 0. The highest BCUT2D eigenvalue weighted by atomic mass is 32.1. The molecular weight excluding hydrogens is 226 g/mol. The van der Waals surface area contributed by atoms with Crippen LogP contribution < -0.4 is 5.32 Å². The van der Waals surface area contributed by atoms with Crippen LogP contribution in [-0.4, -0.2) is 0 Å². The molecule has 1 atom stereocenters. The Bertz CT molecular complexity index is 548. The number of rotatable bonds is 3. The maximum absolute atomic E-state index is 5.39. The molecule has 0 bridgehead atoms. The lowest BCUT2D eigenvalue weighted by molar-refractivity contribution is 0.908. The van der Waals surface area contributed by atoms with Gasteiger partial charge in [0, 0.05) is 21.0 Å². The van der Waals surface area contributed by atoms with Gasteiger partial charge >= 0.3 is 0 Å². The molecule has 2 heteroatoms. The third kappa shape index (κ3) is 2.89. The maximum Gasteiger partial charge on any atom is 0.0578 e. The van der Waals surface area contributed by atoms with Crippen molar-refractivity contribution in [2.75, 3.05) is 5.32 Å². The Labute approximate surface area is 107 Å². The molecule has 0 aliphatic heterocycles. The first-order valence-electron chi connectivity index (χ1n) is 5.58. The molecule has 1 nitrogen and oxygen atoms in total. The van der Waals surface area contributed by atoms with Gasteiger partial charge in [-0.05, 0) is 44.2 Å². The van der Waals surface area contributed by atoms with Crippen LogP contribution in [0.15, 0.2) is 36.4 Å². The van der Waals surface area contributed by atoms with Crippen molar-refractivity contribution in [3.8, 4) is 12.3 Å². The number of anilines is 1. The topological polar surface area (TPSA) is 12.0 Å². The smallest absolute Gasteiger partial charge is 0.0578 e. The number of aryl methyl sites for hydroxylation is 1. The predicted molar refractivity (Wildman–Crippen MR) is 75.5 cm³/mol. The fourth-order valence-electron chi connectivity index (χ4n) is 1.71. The molecule has 2 aromatic rings. The summed E-state index contributed by atoms with van der Waals surface area (Å²) >= 11 is 1.82. The molecule has 2 rings (SSSR count). The van der Waals surface area contributed by atoms with Crippen molar-refractivity contribution in [2.45, 2.75) is 19.9 Å². The second-order valence-electron chi connectivity index (χ2n) is 4.04. The Kier molecular flexibility index (Phi) is 3.51. The number of terminal acetylenes is 1. The van der Waals surface area contributed by atoms with Crippen LogP contribution in [0.5, 0.6) is 0 Å². The highest BCUT2D eigenvalue weighted by molar-refractivity contribution is 7.12. The molecule has 0 aliphatic rings. The second-order valence-corrected chi connectivity index (χ2v) is 5.36. The molecule has 86 valence electrons. The zero-order valence-corrected chi connectivity index (χ0v) is 10.8. The average molecular weight is 241 g/mol. The molecule has 0 amide bonds. The number of benzene rings is 1. The van der Waals surface area contributed by atoms with E-state index in [0.717, 1.165) is 11.3 Å². The summed E-state index contributed by atoms with van der Waals surface area (Å²) in [5, 5.41) is 3.46. The minimum atomic E-state index is 0.307.